The average molecular weight is 384 g/mol. The molecule has 0 saturated carbocycles. The number of halogens is 1. The number of nitrogens with zero attached hydrogens (tertiary/aromatic N) is 1. The van der Waals surface area contributed by atoms with Gasteiger partial charge in [0.2, 0.25) is 0 Å². The Morgan fingerprint density at radius 2 is 1.90 bits per heavy atom. The number of carboxylic acids is 1. The first-order chi connectivity index (χ1) is 9.69. The van der Waals surface area contributed by atoms with Crippen LogP contribution in [0.3, 0.4) is 0 Å². The number of rotatable bonds is 1. The van der Waals surface area contributed by atoms with Crippen LogP contribution in [0.15, 0.2) is 24.3 Å². The minimum Gasteiger partial charge on any atom is -0.545 e. The Bertz CT molecular complexity index is 505. The Kier molecular flexibility index (Phi) is 5.83. The van der Waals surface area contributed by atoms with Gasteiger partial charge in [0.25, 0.3) is 0 Å². The van der Waals surface area contributed by atoms with Crippen molar-refractivity contribution < 1.29 is 14.8 Å². The van der Waals surface area contributed by atoms with Crippen molar-refractivity contribution >= 4 is 28.6 Å². The summed E-state index contributed by atoms with van der Waals surface area (Å²) < 4.78 is 2.66. The molecule has 3 saturated heterocycles. The molecule has 3 heterocycles. The molecule has 1 aromatic rings. The van der Waals surface area contributed by atoms with E-state index in [0.717, 1.165) is 0 Å². The number of benzene rings is 1. The molecule has 20 heavy (non-hydrogen) atoms. The highest BCUT2D eigenvalue weighted by atomic mass is 127. The lowest BCUT2D eigenvalue weighted by Gasteiger charge is -2.38. The van der Waals surface area contributed by atoms with Crippen LogP contribution in [0, 0.1) is 9.85 Å². The molecule has 0 amide bonds. The molecule has 0 radical (unpaired) electrons. The van der Waals surface area contributed by atoms with Crippen molar-refractivity contribution in [1.82, 2.24) is 4.90 Å². The lowest BCUT2D eigenvalue weighted by atomic mass is 10.1. The smallest absolute Gasteiger partial charge is 0.0901 e. The van der Waals surface area contributed by atoms with Crippen molar-refractivity contribution in [2.24, 2.45) is 0 Å². The lowest BCUT2D eigenvalue weighted by molar-refractivity contribution is -0.914. The van der Waals surface area contributed by atoms with Gasteiger partial charge in [0, 0.05) is 47.8 Å². The second-order valence-corrected chi connectivity index (χ2v) is 5.47. The maximum absolute atomic E-state index is 10.4. The van der Waals surface area contributed by atoms with Gasteiger partial charge in [-0.15, -0.1) is 0 Å². The number of hydrogen-bond acceptors (Lipinski definition) is 3. The molecular weight excluding hydrogens is 367 g/mol. The number of fused-ring (bicyclic) bond motifs is 3. The molecule has 1 aromatic carbocycles. The molecule has 4 rings (SSSR count). The Morgan fingerprint density at radius 1 is 1.25 bits per heavy atom. The maximum atomic E-state index is 10.4. The van der Waals surface area contributed by atoms with E-state index in [1.807, 2.05) is 27.5 Å². The fraction of sp³-hybridized carbons (Fsp3) is 0.400. The monoisotopic (exact) mass is 384 g/mol. The van der Waals surface area contributed by atoms with Crippen molar-refractivity contribution in [2.75, 3.05) is 39.3 Å². The standard InChI is InChI=1S/C9H5IO2.C6H12N2/c10-5-4-7-2-1-3-8(6-7)9(11)12;1-2-8-5-3-7(1)4-6-8/h1-3,6H,(H,11,12);1-6H2. The summed E-state index contributed by atoms with van der Waals surface area (Å²) in [7, 11) is 0. The van der Waals surface area contributed by atoms with E-state index in [9.17, 15) is 9.90 Å². The predicted octanol–water partition coefficient (Wildman–Crippen LogP) is -1.01. The van der Waals surface area contributed by atoms with E-state index in [1.165, 1.54) is 51.4 Å². The van der Waals surface area contributed by atoms with Crippen LogP contribution in [-0.2, 0) is 0 Å². The number of aromatic carboxylic acids is 1. The first-order valence-corrected chi connectivity index (χ1v) is 7.76. The van der Waals surface area contributed by atoms with E-state index in [2.05, 4.69) is 14.7 Å². The molecule has 0 atom stereocenters. The summed E-state index contributed by atoms with van der Waals surface area (Å²) in [5, 5.41) is 10.4. The summed E-state index contributed by atoms with van der Waals surface area (Å²) in [6.07, 6.45) is 0. The summed E-state index contributed by atoms with van der Waals surface area (Å²) in [5.41, 5.74) is 0.845. The summed E-state index contributed by atoms with van der Waals surface area (Å²) in [6, 6.07) is 6.36. The normalized spacial score (nSPS) is 23.1. The zero-order valence-corrected chi connectivity index (χ0v) is 13.4. The molecular formula is C15H17IN2O2. The van der Waals surface area contributed by atoms with Crippen LogP contribution in [0.1, 0.15) is 15.9 Å². The quantitative estimate of drug-likeness (QED) is 0.499. The number of nitrogens with one attached hydrogen (secondary N) is 1. The van der Waals surface area contributed by atoms with E-state index >= 15 is 0 Å². The van der Waals surface area contributed by atoms with Gasteiger partial charge in [-0.3, -0.25) is 4.90 Å². The second-order valence-electron chi connectivity index (χ2n) is 4.93. The number of carboxylic acid groups (broad SMARTS) is 1. The molecule has 2 bridgehead atoms. The Labute approximate surface area is 132 Å². The van der Waals surface area contributed by atoms with E-state index < -0.39 is 5.97 Å². The second kappa shape index (κ2) is 7.62. The average Bonchev–Trinajstić information content (AvgIpc) is 2.50. The highest BCUT2D eigenvalue weighted by Gasteiger charge is 2.25. The molecule has 1 N–H and O–H groups in total. The zero-order chi connectivity index (χ0) is 14.4. The van der Waals surface area contributed by atoms with Crippen LogP contribution in [0.2, 0.25) is 0 Å². The Balaban J connectivity index is 0.000000157. The summed E-state index contributed by atoms with van der Waals surface area (Å²) in [4.78, 5) is 14.8. The third-order valence-corrected chi connectivity index (χ3v) is 3.90. The van der Waals surface area contributed by atoms with Gasteiger partial charge in [-0.2, -0.15) is 0 Å². The Morgan fingerprint density at radius 3 is 2.30 bits per heavy atom. The van der Waals surface area contributed by atoms with Crippen molar-refractivity contribution in [1.29, 1.82) is 0 Å². The van der Waals surface area contributed by atoms with Gasteiger partial charge >= 0.3 is 0 Å². The minimum absolute atomic E-state index is 0.159. The van der Waals surface area contributed by atoms with Crippen LogP contribution in [0.5, 0.6) is 0 Å². The van der Waals surface area contributed by atoms with E-state index in [1.54, 1.807) is 12.1 Å². The predicted molar refractivity (Wildman–Crippen MR) is 83.7 cm³/mol. The van der Waals surface area contributed by atoms with Gasteiger partial charge in [-0.1, -0.05) is 18.1 Å². The van der Waals surface area contributed by atoms with E-state index in [4.69, 9.17) is 0 Å². The first-order valence-electron chi connectivity index (χ1n) is 6.68. The van der Waals surface area contributed by atoms with Gasteiger partial charge < -0.3 is 14.8 Å². The highest BCUT2D eigenvalue weighted by molar-refractivity contribution is 14.1. The van der Waals surface area contributed by atoms with Crippen molar-refractivity contribution in [3.63, 3.8) is 0 Å². The molecule has 0 aromatic heterocycles. The molecule has 106 valence electrons. The van der Waals surface area contributed by atoms with Crippen LogP contribution in [0.25, 0.3) is 0 Å². The van der Waals surface area contributed by atoms with Gasteiger partial charge in [-0.05, 0) is 21.6 Å². The van der Waals surface area contributed by atoms with Gasteiger partial charge in [0.05, 0.1) is 25.6 Å². The minimum atomic E-state index is -1.17. The van der Waals surface area contributed by atoms with Crippen molar-refractivity contribution in [3.05, 3.63) is 35.4 Å². The highest BCUT2D eigenvalue weighted by Crippen LogP contribution is 2.02. The zero-order valence-electron chi connectivity index (χ0n) is 11.2. The molecule has 3 aliphatic heterocycles. The van der Waals surface area contributed by atoms with Crippen LogP contribution in [0.4, 0.5) is 0 Å². The SMILES string of the molecule is C1C[NH+]2CCN1CC2.O=C([O-])c1cccc(C#CI)c1. The van der Waals surface area contributed by atoms with Crippen LogP contribution in [-0.4, -0.2) is 50.1 Å². The topological polar surface area (TPSA) is 47.8 Å². The van der Waals surface area contributed by atoms with Crippen molar-refractivity contribution in [2.45, 2.75) is 0 Å². The van der Waals surface area contributed by atoms with E-state index in [0.29, 0.717) is 5.56 Å². The van der Waals surface area contributed by atoms with Gasteiger partial charge in [-0.25, -0.2) is 0 Å². The number of carbonyl (C=O) groups is 1. The molecule has 0 spiro atoms. The molecule has 0 unspecified atom stereocenters. The fourth-order valence-corrected chi connectivity index (χ4v) is 2.75. The molecule has 0 aliphatic carbocycles. The first kappa shape index (κ1) is 15.3. The Hall–Kier alpha value is -1.10. The maximum Gasteiger partial charge on any atom is 0.0901 e. The number of piperazine rings is 3. The number of quaternary nitrogens is 1. The molecule has 3 fully saturated rings. The largest absolute Gasteiger partial charge is 0.545 e. The molecule has 5 heteroatoms. The van der Waals surface area contributed by atoms with Crippen LogP contribution < -0.4 is 10.0 Å². The molecule has 4 nitrogen and oxygen atoms in total. The fourth-order valence-electron chi connectivity index (χ4n) is 2.44. The number of hydrogen-bond donors (Lipinski definition) is 1. The number of carbonyl (C=O) groups excluding carboxylic acids is 1. The van der Waals surface area contributed by atoms with Crippen LogP contribution >= 0.6 is 22.6 Å². The van der Waals surface area contributed by atoms with Gasteiger partial charge in [0.1, 0.15) is 0 Å². The summed E-state index contributed by atoms with van der Waals surface area (Å²) in [6.45, 7) is 8.28. The summed E-state index contributed by atoms with van der Waals surface area (Å²) >= 11 is 1.90. The third-order valence-electron chi connectivity index (χ3n) is 3.63. The lowest BCUT2D eigenvalue weighted by Crippen LogP contribution is -3.17. The molecule has 3 aliphatic rings. The van der Waals surface area contributed by atoms with Gasteiger partial charge in [0.15, 0.2) is 0 Å². The third kappa shape index (κ3) is 4.47. The van der Waals surface area contributed by atoms with Crippen molar-refractivity contribution in [3.8, 4) is 9.85 Å². The summed E-state index contributed by atoms with van der Waals surface area (Å²) in [5.74, 6) is 1.57. The van der Waals surface area contributed by atoms with E-state index in [-0.39, 0.29) is 5.56 Å².